The van der Waals surface area contributed by atoms with Gasteiger partial charge in [0.2, 0.25) is 12.7 Å². The average Bonchev–Trinajstić information content (AvgIpc) is 3.65. The molecule has 1 amide bonds. The maximum Gasteiger partial charge on any atom is 0.231 e. The summed E-state index contributed by atoms with van der Waals surface area (Å²) in [5, 5.41) is 0. The van der Waals surface area contributed by atoms with Crippen molar-refractivity contribution in [2.75, 3.05) is 24.8 Å². The van der Waals surface area contributed by atoms with Crippen LogP contribution < -0.4 is 19.1 Å². The van der Waals surface area contributed by atoms with Crippen molar-refractivity contribution in [1.82, 2.24) is 9.55 Å². The van der Waals surface area contributed by atoms with Gasteiger partial charge in [-0.05, 0) is 54.3 Å². The number of anilines is 1. The van der Waals surface area contributed by atoms with E-state index in [-0.39, 0.29) is 18.6 Å². The van der Waals surface area contributed by atoms with Crippen molar-refractivity contribution >= 4 is 22.6 Å². The zero-order chi connectivity index (χ0) is 25.4. The highest BCUT2D eigenvalue weighted by atomic mass is 16.7. The van der Waals surface area contributed by atoms with Gasteiger partial charge < -0.3 is 23.7 Å². The van der Waals surface area contributed by atoms with Crippen LogP contribution in [0.25, 0.3) is 11.0 Å². The van der Waals surface area contributed by atoms with Crippen molar-refractivity contribution in [3.8, 4) is 17.2 Å². The van der Waals surface area contributed by atoms with Crippen LogP contribution in [0.5, 0.6) is 17.2 Å². The molecule has 2 aliphatic heterocycles. The van der Waals surface area contributed by atoms with E-state index in [9.17, 15) is 4.79 Å². The van der Waals surface area contributed by atoms with Gasteiger partial charge in [0.15, 0.2) is 11.5 Å². The van der Waals surface area contributed by atoms with Crippen LogP contribution in [-0.2, 0) is 11.3 Å². The van der Waals surface area contributed by atoms with Gasteiger partial charge in [-0.2, -0.15) is 0 Å². The van der Waals surface area contributed by atoms with Gasteiger partial charge in [-0.1, -0.05) is 38.1 Å². The topological polar surface area (TPSA) is 65.8 Å². The first kappa shape index (κ1) is 23.4. The Morgan fingerprint density at radius 2 is 1.86 bits per heavy atom. The maximum absolute atomic E-state index is 13.1. The third-order valence-electron chi connectivity index (χ3n) is 7.49. The molecule has 3 aromatic carbocycles. The molecule has 4 aromatic rings. The van der Waals surface area contributed by atoms with Gasteiger partial charge in [-0.15, -0.1) is 0 Å². The second-order valence-corrected chi connectivity index (χ2v) is 9.78. The molecule has 2 unspecified atom stereocenters. The highest BCUT2D eigenvalue weighted by Crippen LogP contribution is 2.39. The highest BCUT2D eigenvalue weighted by Gasteiger charge is 2.35. The molecule has 2 aliphatic rings. The minimum Gasteiger partial charge on any atom is -0.492 e. The first-order valence-electron chi connectivity index (χ1n) is 13.0. The van der Waals surface area contributed by atoms with Gasteiger partial charge in [0.1, 0.15) is 18.2 Å². The fourth-order valence-corrected chi connectivity index (χ4v) is 5.21. The van der Waals surface area contributed by atoms with E-state index in [1.807, 2.05) is 53.4 Å². The lowest BCUT2D eigenvalue weighted by molar-refractivity contribution is -0.117. The third-order valence-corrected chi connectivity index (χ3v) is 7.49. The second-order valence-electron chi connectivity index (χ2n) is 9.78. The van der Waals surface area contributed by atoms with E-state index < -0.39 is 0 Å². The second kappa shape index (κ2) is 9.81. The number of hydrogen-bond donors (Lipinski definition) is 0. The Labute approximate surface area is 216 Å². The Kier molecular flexibility index (Phi) is 6.20. The summed E-state index contributed by atoms with van der Waals surface area (Å²) < 4.78 is 19.3. The summed E-state index contributed by atoms with van der Waals surface area (Å²) in [6, 6.07) is 22.2. The Balaban J connectivity index is 1.21. The Bertz CT molecular complexity index is 1430. The van der Waals surface area contributed by atoms with Gasteiger partial charge in [0.05, 0.1) is 17.6 Å². The van der Waals surface area contributed by atoms with Crippen LogP contribution in [0.15, 0.2) is 66.7 Å². The van der Waals surface area contributed by atoms with Crippen molar-refractivity contribution in [3.63, 3.8) is 0 Å². The lowest BCUT2D eigenvalue weighted by Crippen LogP contribution is -2.24. The molecule has 0 aliphatic carbocycles. The standard InChI is InChI=1S/C30H31N3O4/c1-3-20(2)21-8-11-24(12-9-21)35-15-14-32-26-7-5-4-6-25(26)31-30(32)22-16-29(34)33(18-22)23-10-13-27-28(17-23)37-19-36-27/h4-13,17,20,22H,3,14-16,18-19H2,1-2H3. The van der Waals surface area contributed by atoms with Gasteiger partial charge in [-0.3, -0.25) is 4.79 Å². The lowest BCUT2D eigenvalue weighted by Gasteiger charge is -2.18. The maximum atomic E-state index is 13.1. The SMILES string of the molecule is CCC(C)c1ccc(OCCn2c(C3CC(=O)N(c4ccc5c(c4)OCO5)C3)nc3ccccc32)cc1. The molecular weight excluding hydrogens is 466 g/mol. The van der Waals surface area contributed by atoms with Crippen molar-refractivity contribution in [1.29, 1.82) is 0 Å². The molecule has 1 fully saturated rings. The monoisotopic (exact) mass is 497 g/mol. The molecule has 0 N–H and O–H groups in total. The van der Waals surface area contributed by atoms with Crippen LogP contribution in [0.4, 0.5) is 5.69 Å². The molecule has 0 saturated carbocycles. The van der Waals surface area contributed by atoms with E-state index in [0.717, 1.165) is 34.7 Å². The lowest BCUT2D eigenvalue weighted by atomic mass is 9.99. The molecule has 37 heavy (non-hydrogen) atoms. The minimum absolute atomic E-state index is 0.0138. The summed E-state index contributed by atoms with van der Waals surface area (Å²) in [6.45, 7) is 6.39. The summed E-state index contributed by atoms with van der Waals surface area (Å²) in [4.78, 5) is 19.9. The molecule has 1 saturated heterocycles. The zero-order valence-electron chi connectivity index (χ0n) is 21.2. The number of aromatic nitrogens is 2. The summed E-state index contributed by atoms with van der Waals surface area (Å²) >= 11 is 0. The molecule has 7 heteroatoms. The molecule has 3 heterocycles. The van der Waals surface area contributed by atoms with E-state index in [0.29, 0.717) is 43.5 Å². The predicted octanol–water partition coefficient (Wildman–Crippen LogP) is 5.88. The van der Waals surface area contributed by atoms with E-state index in [4.69, 9.17) is 19.2 Å². The number of nitrogens with zero attached hydrogens (tertiary/aromatic N) is 3. The zero-order valence-corrected chi connectivity index (χ0v) is 21.2. The normalized spacial score (nSPS) is 17.5. The number of fused-ring (bicyclic) bond motifs is 2. The summed E-state index contributed by atoms with van der Waals surface area (Å²) in [5.41, 5.74) is 4.14. The first-order valence-corrected chi connectivity index (χ1v) is 13.0. The van der Waals surface area contributed by atoms with Crippen molar-refractivity contribution in [2.24, 2.45) is 0 Å². The van der Waals surface area contributed by atoms with Crippen LogP contribution in [0.2, 0.25) is 0 Å². The number of para-hydroxylation sites is 2. The van der Waals surface area contributed by atoms with Crippen LogP contribution >= 0.6 is 0 Å². The van der Waals surface area contributed by atoms with E-state index in [1.165, 1.54) is 5.56 Å². The van der Waals surface area contributed by atoms with Crippen molar-refractivity contribution in [3.05, 3.63) is 78.1 Å². The first-order chi connectivity index (χ1) is 18.1. The largest absolute Gasteiger partial charge is 0.492 e. The highest BCUT2D eigenvalue weighted by molar-refractivity contribution is 5.97. The molecule has 0 spiro atoms. The summed E-state index contributed by atoms with van der Waals surface area (Å²) in [5.74, 6) is 3.79. The molecule has 0 radical (unpaired) electrons. The Morgan fingerprint density at radius 3 is 2.70 bits per heavy atom. The molecule has 0 bridgehead atoms. The van der Waals surface area contributed by atoms with Gasteiger partial charge in [-0.25, -0.2) is 4.98 Å². The van der Waals surface area contributed by atoms with Crippen molar-refractivity contribution < 1.29 is 19.0 Å². The number of benzene rings is 3. The van der Waals surface area contributed by atoms with Gasteiger partial charge >= 0.3 is 0 Å². The fourth-order valence-electron chi connectivity index (χ4n) is 5.21. The summed E-state index contributed by atoms with van der Waals surface area (Å²) in [7, 11) is 0. The molecule has 2 atom stereocenters. The predicted molar refractivity (Wildman–Crippen MR) is 143 cm³/mol. The molecule has 190 valence electrons. The van der Waals surface area contributed by atoms with E-state index in [2.05, 4.69) is 36.6 Å². The molecule has 6 rings (SSSR count). The Morgan fingerprint density at radius 1 is 1.05 bits per heavy atom. The van der Waals surface area contributed by atoms with Gasteiger partial charge in [0, 0.05) is 30.6 Å². The smallest absolute Gasteiger partial charge is 0.231 e. The Hall–Kier alpha value is -4.00. The van der Waals surface area contributed by atoms with Crippen LogP contribution in [0.3, 0.4) is 0 Å². The fraction of sp³-hybridized carbons (Fsp3) is 0.333. The van der Waals surface area contributed by atoms with Crippen LogP contribution in [0, 0.1) is 0 Å². The molecule has 1 aromatic heterocycles. The molecular formula is C30H31N3O4. The quantitative estimate of drug-likeness (QED) is 0.304. The van der Waals surface area contributed by atoms with E-state index >= 15 is 0 Å². The number of amides is 1. The minimum atomic E-state index is -0.0138. The number of rotatable bonds is 8. The van der Waals surface area contributed by atoms with Gasteiger partial charge in [0.25, 0.3) is 0 Å². The number of carbonyl (C=O) groups is 1. The molecule has 7 nitrogen and oxygen atoms in total. The number of ether oxygens (including phenoxy) is 3. The summed E-state index contributed by atoms with van der Waals surface area (Å²) in [6.07, 6.45) is 1.53. The number of carbonyl (C=O) groups excluding carboxylic acids is 1. The van der Waals surface area contributed by atoms with E-state index in [1.54, 1.807) is 0 Å². The van der Waals surface area contributed by atoms with Crippen LogP contribution in [0.1, 0.15) is 49.9 Å². The third kappa shape index (κ3) is 4.50. The van der Waals surface area contributed by atoms with Crippen molar-refractivity contribution in [2.45, 2.75) is 45.1 Å². The number of imidazole rings is 1. The van der Waals surface area contributed by atoms with Crippen LogP contribution in [-0.4, -0.2) is 35.4 Å². The average molecular weight is 498 g/mol. The number of hydrogen-bond acceptors (Lipinski definition) is 5.